The monoisotopic (exact) mass is 415 g/mol. The predicted molar refractivity (Wildman–Crippen MR) is 119 cm³/mol. The molecule has 1 aliphatic heterocycles. The summed E-state index contributed by atoms with van der Waals surface area (Å²) in [7, 11) is 2.24. The van der Waals surface area contributed by atoms with Gasteiger partial charge in [-0.2, -0.15) is 0 Å². The molecule has 1 aliphatic carbocycles. The summed E-state index contributed by atoms with van der Waals surface area (Å²) in [4.78, 5) is 27.4. The maximum atomic E-state index is 12.6. The normalized spacial score (nSPS) is 19.2. The number of aromatic nitrogens is 2. The van der Waals surface area contributed by atoms with Gasteiger partial charge in [-0.1, -0.05) is 30.6 Å². The van der Waals surface area contributed by atoms with Gasteiger partial charge in [-0.25, -0.2) is 9.97 Å². The molecule has 2 aromatic heterocycles. The lowest BCUT2D eigenvalue weighted by atomic mass is 9.94. The number of thiazole rings is 1. The molecule has 1 saturated heterocycles. The molecule has 1 N–H and O–H groups in total. The summed E-state index contributed by atoms with van der Waals surface area (Å²) >= 11 is 1.64. The predicted octanol–water partition coefficient (Wildman–Crippen LogP) is 3.68. The molecular weight excluding hydrogens is 382 g/mol. The van der Waals surface area contributed by atoms with Crippen LogP contribution in [-0.4, -0.2) is 60.0 Å². The standard InChI is InChI=1S/C22H33N5OS/c1-26(18-7-3-2-4-8-18)14-6-13-23-20(28)17-10-15-27(16-11-17)22-25-19-9-5-12-24-21(19)29-22/h5,9,12,17-18H,2-4,6-8,10-11,13-16H2,1H3,(H,23,28). The minimum absolute atomic E-state index is 0.134. The molecule has 3 heterocycles. The van der Waals surface area contributed by atoms with E-state index >= 15 is 0 Å². The smallest absolute Gasteiger partial charge is 0.223 e. The number of hydrogen-bond donors (Lipinski definition) is 1. The molecule has 0 atom stereocenters. The number of rotatable bonds is 7. The summed E-state index contributed by atoms with van der Waals surface area (Å²) in [5, 5.41) is 4.21. The van der Waals surface area contributed by atoms with Crippen molar-refractivity contribution < 1.29 is 4.79 Å². The van der Waals surface area contributed by atoms with E-state index in [1.165, 1.54) is 32.1 Å². The van der Waals surface area contributed by atoms with E-state index in [1.807, 2.05) is 18.3 Å². The van der Waals surface area contributed by atoms with Crippen LogP contribution in [0.1, 0.15) is 51.4 Å². The van der Waals surface area contributed by atoms with Crippen molar-refractivity contribution in [3.8, 4) is 0 Å². The van der Waals surface area contributed by atoms with Gasteiger partial charge in [0.1, 0.15) is 10.3 Å². The van der Waals surface area contributed by atoms with E-state index in [0.29, 0.717) is 0 Å². The minimum Gasteiger partial charge on any atom is -0.356 e. The molecule has 0 unspecified atom stereocenters. The Morgan fingerprint density at radius 3 is 2.79 bits per heavy atom. The number of carbonyl (C=O) groups is 1. The molecule has 2 aliphatic rings. The van der Waals surface area contributed by atoms with Gasteiger partial charge < -0.3 is 15.1 Å². The van der Waals surface area contributed by atoms with Gasteiger partial charge in [-0.3, -0.25) is 4.79 Å². The van der Waals surface area contributed by atoms with Crippen LogP contribution in [0.2, 0.25) is 0 Å². The van der Waals surface area contributed by atoms with E-state index in [-0.39, 0.29) is 11.8 Å². The van der Waals surface area contributed by atoms with E-state index in [1.54, 1.807) is 11.3 Å². The van der Waals surface area contributed by atoms with Crippen molar-refractivity contribution in [2.75, 3.05) is 38.1 Å². The van der Waals surface area contributed by atoms with Gasteiger partial charge >= 0.3 is 0 Å². The molecule has 4 rings (SSSR count). The molecular formula is C22H33N5OS. The Kier molecular flexibility index (Phi) is 6.98. The van der Waals surface area contributed by atoms with E-state index < -0.39 is 0 Å². The Bertz CT molecular complexity index is 762. The molecule has 1 saturated carbocycles. The van der Waals surface area contributed by atoms with Gasteiger partial charge in [-0.15, -0.1) is 0 Å². The Morgan fingerprint density at radius 1 is 1.24 bits per heavy atom. The van der Waals surface area contributed by atoms with Crippen molar-refractivity contribution >= 4 is 32.7 Å². The average molecular weight is 416 g/mol. The number of carbonyl (C=O) groups excluding carboxylic acids is 1. The molecule has 0 aromatic carbocycles. The second kappa shape index (κ2) is 9.85. The number of nitrogens with zero attached hydrogens (tertiary/aromatic N) is 4. The van der Waals surface area contributed by atoms with Crippen molar-refractivity contribution in [2.45, 2.75) is 57.4 Å². The highest BCUT2D eigenvalue weighted by Crippen LogP contribution is 2.30. The van der Waals surface area contributed by atoms with Crippen LogP contribution in [-0.2, 0) is 4.79 Å². The first-order valence-electron chi connectivity index (χ1n) is 11.1. The molecule has 1 amide bonds. The summed E-state index contributed by atoms with van der Waals surface area (Å²) < 4.78 is 0. The highest BCUT2D eigenvalue weighted by molar-refractivity contribution is 7.21. The third-order valence-electron chi connectivity index (χ3n) is 6.48. The third kappa shape index (κ3) is 5.25. The first-order chi connectivity index (χ1) is 14.2. The number of pyridine rings is 1. The second-order valence-electron chi connectivity index (χ2n) is 8.50. The number of hydrogen-bond acceptors (Lipinski definition) is 6. The van der Waals surface area contributed by atoms with E-state index in [4.69, 9.17) is 4.98 Å². The van der Waals surface area contributed by atoms with Gasteiger partial charge in [0.2, 0.25) is 5.91 Å². The number of piperidine rings is 1. The first kappa shape index (κ1) is 20.5. The first-order valence-corrected chi connectivity index (χ1v) is 12.0. The maximum absolute atomic E-state index is 12.6. The molecule has 0 radical (unpaired) electrons. The molecule has 6 nitrogen and oxygen atoms in total. The SMILES string of the molecule is CN(CCCNC(=O)C1CCN(c2nc3cccnc3s2)CC1)C1CCCCC1. The zero-order chi connectivity index (χ0) is 20.1. The summed E-state index contributed by atoms with van der Waals surface area (Å²) in [6.45, 7) is 3.65. The second-order valence-corrected chi connectivity index (χ2v) is 9.46. The lowest BCUT2D eigenvalue weighted by Gasteiger charge is -2.32. The van der Waals surface area contributed by atoms with Gasteiger partial charge in [0, 0.05) is 37.8 Å². The molecule has 0 spiro atoms. The van der Waals surface area contributed by atoms with Crippen LogP contribution in [0.25, 0.3) is 10.3 Å². The molecule has 2 fully saturated rings. The van der Waals surface area contributed by atoms with Crippen LogP contribution < -0.4 is 10.2 Å². The summed E-state index contributed by atoms with van der Waals surface area (Å²) in [5.41, 5.74) is 0.963. The van der Waals surface area contributed by atoms with Gasteiger partial charge in [-0.05, 0) is 57.8 Å². The summed E-state index contributed by atoms with van der Waals surface area (Å²) in [6.07, 6.45) is 11.5. The average Bonchev–Trinajstić information content (AvgIpc) is 3.21. The number of anilines is 1. The Labute approximate surface area is 177 Å². The molecule has 2 aromatic rings. The molecule has 0 bridgehead atoms. The molecule has 158 valence electrons. The zero-order valence-corrected chi connectivity index (χ0v) is 18.3. The topological polar surface area (TPSA) is 61.4 Å². The highest BCUT2D eigenvalue weighted by Gasteiger charge is 2.26. The van der Waals surface area contributed by atoms with E-state index in [0.717, 1.165) is 67.0 Å². The van der Waals surface area contributed by atoms with Crippen LogP contribution in [0, 0.1) is 5.92 Å². The van der Waals surface area contributed by atoms with E-state index in [2.05, 4.69) is 27.1 Å². The van der Waals surface area contributed by atoms with Crippen LogP contribution in [0.15, 0.2) is 18.3 Å². The van der Waals surface area contributed by atoms with Crippen molar-refractivity contribution in [1.82, 2.24) is 20.2 Å². The molecule has 29 heavy (non-hydrogen) atoms. The highest BCUT2D eigenvalue weighted by atomic mass is 32.1. The van der Waals surface area contributed by atoms with Crippen molar-refractivity contribution in [2.24, 2.45) is 5.92 Å². The van der Waals surface area contributed by atoms with Crippen LogP contribution in [0.3, 0.4) is 0 Å². The minimum atomic E-state index is 0.134. The van der Waals surface area contributed by atoms with Crippen molar-refractivity contribution in [1.29, 1.82) is 0 Å². The Morgan fingerprint density at radius 2 is 2.03 bits per heavy atom. The number of fused-ring (bicyclic) bond motifs is 1. The largest absolute Gasteiger partial charge is 0.356 e. The van der Waals surface area contributed by atoms with Crippen LogP contribution >= 0.6 is 11.3 Å². The Balaban J connectivity index is 1.16. The fourth-order valence-corrected chi connectivity index (χ4v) is 5.58. The summed E-state index contributed by atoms with van der Waals surface area (Å²) in [6, 6.07) is 4.69. The quantitative estimate of drug-likeness (QED) is 0.699. The Hall–Kier alpha value is -1.73. The number of amides is 1. The third-order valence-corrected chi connectivity index (χ3v) is 7.52. The fourth-order valence-electron chi connectivity index (χ4n) is 4.62. The zero-order valence-electron chi connectivity index (χ0n) is 17.5. The van der Waals surface area contributed by atoms with Crippen LogP contribution in [0.5, 0.6) is 0 Å². The van der Waals surface area contributed by atoms with Gasteiger partial charge in [0.25, 0.3) is 0 Å². The summed E-state index contributed by atoms with van der Waals surface area (Å²) in [5.74, 6) is 0.366. The van der Waals surface area contributed by atoms with Gasteiger partial charge in [0.05, 0.1) is 0 Å². The van der Waals surface area contributed by atoms with Crippen LogP contribution in [0.4, 0.5) is 5.13 Å². The number of nitrogens with one attached hydrogen (secondary N) is 1. The van der Waals surface area contributed by atoms with Crippen molar-refractivity contribution in [3.63, 3.8) is 0 Å². The van der Waals surface area contributed by atoms with Crippen molar-refractivity contribution in [3.05, 3.63) is 18.3 Å². The maximum Gasteiger partial charge on any atom is 0.223 e. The van der Waals surface area contributed by atoms with E-state index in [9.17, 15) is 4.79 Å². The molecule has 7 heteroatoms. The lowest BCUT2D eigenvalue weighted by Crippen LogP contribution is -2.41. The van der Waals surface area contributed by atoms with Gasteiger partial charge in [0.15, 0.2) is 5.13 Å². The fraction of sp³-hybridized carbons (Fsp3) is 0.682. The lowest BCUT2D eigenvalue weighted by molar-refractivity contribution is -0.125.